The summed E-state index contributed by atoms with van der Waals surface area (Å²) in [4.78, 5) is 24.2. The van der Waals surface area contributed by atoms with Gasteiger partial charge in [-0.25, -0.2) is 4.39 Å². The molecular weight excluding hydrogens is 389 g/mol. The standard InChI is InChI=1S/C19H13ClFN3O2S/c20-13-7-5-12(6-8-13)16(25)11-27-18-10-9-17(23-24-18)22-19(26)14-3-1-2-4-15(14)21/h1-10H,11H2,(H,22,23,26). The second kappa shape index (κ2) is 8.75. The van der Waals surface area contributed by atoms with E-state index in [1.807, 2.05) is 0 Å². The Bertz CT molecular complexity index is 965. The summed E-state index contributed by atoms with van der Waals surface area (Å²) in [6.45, 7) is 0. The zero-order valence-corrected chi connectivity index (χ0v) is 15.4. The Hall–Kier alpha value is -2.77. The molecule has 1 aromatic heterocycles. The van der Waals surface area contributed by atoms with E-state index in [0.717, 1.165) is 0 Å². The highest BCUT2D eigenvalue weighted by Gasteiger charge is 2.12. The van der Waals surface area contributed by atoms with Crippen LogP contribution in [-0.2, 0) is 0 Å². The van der Waals surface area contributed by atoms with Gasteiger partial charge in [-0.2, -0.15) is 0 Å². The number of Topliss-reactive ketones (excluding diaryl/α,β-unsaturated/α-hetero) is 1. The van der Waals surface area contributed by atoms with Crippen LogP contribution in [0.15, 0.2) is 65.7 Å². The zero-order valence-electron chi connectivity index (χ0n) is 13.9. The first-order chi connectivity index (χ1) is 13.0. The van der Waals surface area contributed by atoms with Crippen molar-refractivity contribution in [3.05, 3.63) is 82.6 Å². The highest BCUT2D eigenvalue weighted by molar-refractivity contribution is 7.99. The molecule has 0 saturated carbocycles. The minimum Gasteiger partial charge on any atom is -0.305 e. The highest BCUT2D eigenvalue weighted by Crippen LogP contribution is 2.19. The molecule has 0 unspecified atom stereocenters. The average Bonchev–Trinajstić information content (AvgIpc) is 2.68. The second-order valence-corrected chi connectivity index (χ2v) is 6.84. The van der Waals surface area contributed by atoms with Crippen molar-refractivity contribution in [2.75, 3.05) is 11.1 Å². The number of benzene rings is 2. The predicted molar refractivity (Wildman–Crippen MR) is 103 cm³/mol. The number of hydrogen-bond acceptors (Lipinski definition) is 5. The molecule has 0 spiro atoms. The maximum atomic E-state index is 13.6. The van der Waals surface area contributed by atoms with E-state index < -0.39 is 11.7 Å². The maximum Gasteiger partial charge on any atom is 0.259 e. The van der Waals surface area contributed by atoms with Crippen LogP contribution in [0.1, 0.15) is 20.7 Å². The molecule has 3 rings (SSSR count). The second-order valence-electron chi connectivity index (χ2n) is 5.41. The summed E-state index contributed by atoms with van der Waals surface area (Å²) in [7, 11) is 0. The van der Waals surface area contributed by atoms with Crippen LogP contribution >= 0.6 is 23.4 Å². The number of carbonyl (C=O) groups excluding carboxylic acids is 2. The topological polar surface area (TPSA) is 72.0 Å². The molecule has 1 heterocycles. The lowest BCUT2D eigenvalue weighted by atomic mass is 10.1. The molecule has 2 aromatic carbocycles. The summed E-state index contributed by atoms with van der Waals surface area (Å²) in [6, 6.07) is 15.5. The Balaban J connectivity index is 1.57. The number of halogens is 2. The van der Waals surface area contributed by atoms with E-state index >= 15 is 0 Å². The van der Waals surface area contributed by atoms with Crippen LogP contribution in [0.5, 0.6) is 0 Å². The van der Waals surface area contributed by atoms with E-state index in [-0.39, 0.29) is 22.9 Å². The van der Waals surface area contributed by atoms with Crippen LogP contribution < -0.4 is 5.32 Å². The molecule has 27 heavy (non-hydrogen) atoms. The molecule has 0 aliphatic rings. The van der Waals surface area contributed by atoms with Crippen LogP contribution in [0.2, 0.25) is 5.02 Å². The van der Waals surface area contributed by atoms with Crippen LogP contribution in [0, 0.1) is 5.82 Å². The first-order valence-corrected chi connectivity index (χ1v) is 9.20. The van der Waals surface area contributed by atoms with Gasteiger partial charge < -0.3 is 5.32 Å². The van der Waals surface area contributed by atoms with Crippen LogP contribution in [-0.4, -0.2) is 27.6 Å². The number of nitrogens with one attached hydrogen (secondary N) is 1. The molecule has 136 valence electrons. The van der Waals surface area contributed by atoms with Gasteiger partial charge in [0.25, 0.3) is 5.91 Å². The molecule has 0 radical (unpaired) electrons. The molecule has 0 aliphatic heterocycles. The van der Waals surface area contributed by atoms with Gasteiger partial charge in [0.2, 0.25) is 0 Å². The fourth-order valence-corrected chi connectivity index (χ4v) is 2.99. The number of ketones is 1. The van der Waals surface area contributed by atoms with Gasteiger partial charge >= 0.3 is 0 Å². The average molecular weight is 402 g/mol. The molecular formula is C19H13ClFN3O2S. The van der Waals surface area contributed by atoms with Crippen molar-refractivity contribution in [3.8, 4) is 0 Å². The lowest BCUT2D eigenvalue weighted by molar-refractivity contribution is 0.101. The van der Waals surface area contributed by atoms with Gasteiger partial charge in [0.05, 0.1) is 11.3 Å². The predicted octanol–water partition coefficient (Wildman–Crippen LogP) is 4.50. The Labute approximate surface area is 164 Å². The van der Waals surface area contributed by atoms with Crippen molar-refractivity contribution in [2.45, 2.75) is 5.03 Å². The summed E-state index contributed by atoms with van der Waals surface area (Å²) in [5.41, 5.74) is 0.486. The largest absolute Gasteiger partial charge is 0.305 e. The van der Waals surface area contributed by atoms with Gasteiger partial charge in [-0.3, -0.25) is 9.59 Å². The van der Waals surface area contributed by atoms with E-state index in [0.29, 0.717) is 15.6 Å². The van der Waals surface area contributed by atoms with E-state index in [9.17, 15) is 14.0 Å². The van der Waals surface area contributed by atoms with Crippen LogP contribution in [0.4, 0.5) is 10.2 Å². The lowest BCUT2D eigenvalue weighted by Gasteiger charge is -2.05. The highest BCUT2D eigenvalue weighted by atomic mass is 35.5. The first-order valence-electron chi connectivity index (χ1n) is 7.84. The summed E-state index contributed by atoms with van der Waals surface area (Å²) >= 11 is 7.03. The lowest BCUT2D eigenvalue weighted by Crippen LogP contribution is -2.15. The third-order valence-corrected chi connectivity index (χ3v) is 4.69. The Morgan fingerprint density at radius 1 is 1.00 bits per heavy atom. The van der Waals surface area contributed by atoms with Crippen LogP contribution in [0.25, 0.3) is 0 Å². The summed E-state index contributed by atoms with van der Waals surface area (Å²) in [5.74, 6) is -0.902. The Morgan fingerprint density at radius 3 is 2.41 bits per heavy atom. The summed E-state index contributed by atoms with van der Waals surface area (Å²) < 4.78 is 13.6. The van der Waals surface area contributed by atoms with Crippen molar-refractivity contribution in [2.24, 2.45) is 0 Å². The Kier molecular flexibility index (Phi) is 6.16. The van der Waals surface area contributed by atoms with Gasteiger partial charge in [-0.1, -0.05) is 35.5 Å². The van der Waals surface area contributed by atoms with Crippen molar-refractivity contribution < 1.29 is 14.0 Å². The minimum absolute atomic E-state index is 0.0598. The number of hydrogen-bond donors (Lipinski definition) is 1. The van der Waals surface area contributed by atoms with E-state index in [4.69, 9.17) is 11.6 Å². The van der Waals surface area contributed by atoms with Crippen molar-refractivity contribution >= 4 is 40.9 Å². The van der Waals surface area contributed by atoms with Gasteiger partial charge in [-0.15, -0.1) is 10.2 Å². The number of anilines is 1. The number of amides is 1. The molecule has 0 bridgehead atoms. The van der Waals surface area contributed by atoms with Crippen molar-refractivity contribution in [1.82, 2.24) is 10.2 Å². The molecule has 5 nitrogen and oxygen atoms in total. The van der Waals surface area contributed by atoms with Gasteiger partial charge in [0.1, 0.15) is 10.8 Å². The molecule has 3 aromatic rings. The van der Waals surface area contributed by atoms with Crippen LogP contribution in [0.3, 0.4) is 0 Å². The first kappa shape index (κ1) is 19.0. The van der Waals surface area contributed by atoms with Crippen molar-refractivity contribution in [3.63, 3.8) is 0 Å². The fraction of sp³-hybridized carbons (Fsp3) is 0.0526. The molecule has 1 amide bonds. The minimum atomic E-state index is -0.615. The van der Waals surface area contributed by atoms with Gasteiger partial charge in [0.15, 0.2) is 11.6 Å². The Morgan fingerprint density at radius 2 is 1.74 bits per heavy atom. The third-order valence-electron chi connectivity index (χ3n) is 3.52. The fourth-order valence-electron chi connectivity index (χ4n) is 2.15. The number of carbonyl (C=O) groups is 2. The molecule has 1 N–H and O–H groups in total. The molecule has 0 fully saturated rings. The maximum absolute atomic E-state index is 13.6. The number of thioether (sulfide) groups is 1. The summed E-state index contributed by atoms with van der Waals surface area (Å²) in [6.07, 6.45) is 0. The monoisotopic (exact) mass is 401 g/mol. The van der Waals surface area contributed by atoms with E-state index in [2.05, 4.69) is 15.5 Å². The number of rotatable bonds is 6. The number of aromatic nitrogens is 2. The molecule has 0 atom stereocenters. The van der Waals surface area contributed by atoms with E-state index in [1.54, 1.807) is 42.5 Å². The van der Waals surface area contributed by atoms with Crippen molar-refractivity contribution in [1.29, 1.82) is 0 Å². The zero-order chi connectivity index (χ0) is 19.2. The number of nitrogens with zero attached hydrogens (tertiary/aromatic N) is 2. The van der Waals surface area contributed by atoms with Gasteiger partial charge in [0, 0.05) is 10.6 Å². The molecule has 0 aliphatic carbocycles. The third kappa shape index (κ3) is 5.12. The molecule has 8 heteroatoms. The van der Waals surface area contributed by atoms with Gasteiger partial charge in [-0.05, 0) is 48.5 Å². The SMILES string of the molecule is O=C(CSc1ccc(NC(=O)c2ccccc2F)nn1)c1ccc(Cl)cc1. The smallest absolute Gasteiger partial charge is 0.259 e. The summed E-state index contributed by atoms with van der Waals surface area (Å²) in [5, 5.41) is 11.4. The normalized spacial score (nSPS) is 10.4. The van der Waals surface area contributed by atoms with E-state index in [1.165, 1.54) is 30.0 Å². The quantitative estimate of drug-likeness (QED) is 0.486. The molecule has 0 saturated heterocycles.